The second kappa shape index (κ2) is 9.16. The predicted molar refractivity (Wildman–Crippen MR) is 69.7 cm³/mol. The molecule has 0 unspecified atom stereocenters. The van der Waals surface area contributed by atoms with E-state index in [0.717, 1.165) is 12.8 Å². The lowest BCUT2D eigenvalue weighted by Gasteiger charge is -2.21. The van der Waals surface area contributed by atoms with E-state index in [1.54, 1.807) is 0 Å². The summed E-state index contributed by atoms with van der Waals surface area (Å²) in [6.07, 6.45) is 6.45. The van der Waals surface area contributed by atoms with Crippen LogP contribution in [0.15, 0.2) is 0 Å². The monoisotopic (exact) mass is 276 g/mol. The average molecular weight is 277 g/mol. The number of rotatable bonds is 6. The maximum atomic E-state index is 11.2. The van der Waals surface area contributed by atoms with Gasteiger partial charge in [-0.15, -0.1) is 11.6 Å². The Bertz CT molecular complexity index is 268. The molecule has 1 aliphatic rings. The number of imide groups is 1. The van der Waals surface area contributed by atoms with Gasteiger partial charge < -0.3 is 10.1 Å². The molecule has 0 radical (unpaired) electrons. The van der Waals surface area contributed by atoms with E-state index >= 15 is 0 Å². The van der Waals surface area contributed by atoms with Crippen molar-refractivity contribution in [2.75, 3.05) is 19.0 Å². The quantitative estimate of drug-likeness (QED) is 0.574. The van der Waals surface area contributed by atoms with Gasteiger partial charge in [-0.25, -0.2) is 4.79 Å². The lowest BCUT2D eigenvalue weighted by Crippen LogP contribution is -2.41. The van der Waals surface area contributed by atoms with Gasteiger partial charge in [0.15, 0.2) is 0 Å². The van der Waals surface area contributed by atoms with E-state index in [1.165, 1.54) is 19.3 Å². The molecule has 104 valence electrons. The number of halogens is 1. The third-order valence-electron chi connectivity index (χ3n) is 2.87. The van der Waals surface area contributed by atoms with Gasteiger partial charge in [-0.2, -0.15) is 0 Å². The van der Waals surface area contributed by atoms with Crippen molar-refractivity contribution in [3.8, 4) is 0 Å². The summed E-state index contributed by atoms with van der Waals surface area (Å²) >= 11 is 5.38. The average Bonchev–Trinajstić information content (AvgIpc) is 2.36. The van der Waals surface area contributed by atoms with Crippen LogP contribution in [0.25, 0.3) is 0 Å². The molecule has 18 heavy (non-hydrogen) atoms. The lowest BCUT2D eigenvalue weighted by molar-refractivity contribution is -0.119. The van der Waals surface area contributed by atoms with Crippen molar-refractivity contribution in [1.82, 2.24) is 10.6 Å². The van der Waals surface area contributed by atoms with E-state index in [9.17, 15) is 9.59 Å². The maximum Gasteiger partial charge on any atom is 0.321 e. The van der Waals surface area contributed by atoms with Gasteiger partial charge in [0.1, 0.15) is 0 Å². The molecule has 5 nitrogen and oxygen atoms in total. The molecule has 6 heteroatoms. The molecule has 0 heterocycles. The normalized spacial score (nSPS) is 16.3. The first kappa shape index (κ1) is 15.2. The van der Waals surface area contributed by atoms with E-state index in [1.807, 2.05) is 0 Å². The molecule has 0 aromatic carbocycles. The summed E-state index contributed by atoms with van der Waals surface area (Å²) in [5.41, 5.74) is 0. The van der Waals surface area contributed by atoms with Crippen LogP contribution in [0.1, 0.15) is 38.5 Å². The third kappa shape index (κ3) is 6.81. The standard InChI is InChI=1S/C12H21ClN2O3/c13-7-6-11(16)15-12(17)14-8-9-18-10-4-2-1-3-5-10/h10H,1-9H2,(H2,14,15,16,17). The minimum Gasteiger partial charge on any atom is -0.376 e. The zero-order valence-electron chi connectivity index (χ0n) is 10.5. The summed E-state index contributed by atoms with van der Waals surface area (Å²) in [6.45, 7) is 0.901. The van der Waals surface area contributed by atoms with Crippen LogP contribution in [-0.4, -0.2) is 37.1 Å². The summed E-state index contributed by atoms with van der Waals surface area (Å²) in [4.78, 5) is 22.3. The predicted octanol–water partition coefficient (Wildman–Crippen LogP) is 1.79. The molecular weight excluding hydrogens is 256 g/mol. The van der Waals surface area contributed by atoms with Crippen LogP contribution in [0.2, 0.25) is 0 Å². The molecular formula is C12H21ClN2O3. The minimum atomic E-state index is -0.489. The van der Waals surface area contributed by atoms with Crippen LogP contribution in [-0.2, 0) is 9.53 Å². The van der Waals surface area contributed by atoms with Gasteiger partial charge in [0.2, 0.25) is 5.91 Å². The fourth-order valence-electron chi connectivity index (χ4n) is 1.94. The molecule has 0 saturated heterocycles. The molecule has 0 aromatic rings. The SMILES string of the molecule is O=C(CCCl)NC(=O)NCCOC1CCCCC1. The Hall–Kier alpha value is -0.810. The van der Waals surface area contributed by atoms with Gasteiger partial charge in [-0.1, -0.05) is 19.3 Å². The molecule has 1 fully saturated rings. The van der Waals surface area contributed by atoms with Crippen molar-refractivity contribution in [2.45, 2.75) is 44.6 Å². The van der Waals surface area contributed by atoms with Gasteiger partial charge in [0.05, 0.1) is 12.7 Å². The van der Waals surface area contributed by atoms with E-state index in [4.69, 9.17) is 16.3 Å². The number of amides is 3. The van der Waals surface area contributed by atoms with E-state index in [-0.39, 0.29) is 18.2 Å². The summed E-state index contributed by atoms with van der Waals surface area (Å²) in [7, 11) is 0. The summed E-state index contributed by atoms with van der Waals surface area (Å²) in [6, 6.07) is -0.489. The molecule has 0 aliphatic heterocycles. The molecule has 2 N–H and O–H groups in total. The van der Waals surface area contributed by atoms with Crippen molar-refractivity contribution in [3.63, 3.8) is 0 Å². The highest BCUT2D eigenvalue weighted by atomic mass is 35.5. The van der Waals surface area contributed by atoms with Gasteiger partial charge in [-0.3, -0.25) is 10.1 Å². The largest absolute Gasteiger partial charge is 0.376 e. The molecule has 1 rings (SSSR count). The molecule has 1 saturated carbocycles. The molecule has 0 spiro atoms. The highest BCUT2D eigenvalue weighted by Gasteiger charge is 2.13. The summed E-state index contributed by atoms with van der Waals surface area (Å²) in [5, 5.41) is 4.76. The Labute approximate surface area is 113 Å². The number of alkyl halides is 1. The van der Waals surface area contributed by atoms with Crippen molar-refractivity contribution in [3.05, 3.63) is 0 Å². The summed E-state index contributed by atoms with van der Waals surface area (Å²) in [5.74, 6) is -0.153. The molecule has 0 atom stereocenters. The Morgan fingerprint density at radius 1 is 1.22 bits per heavy atom. The van der Waals surface area contributed by atoms with Crippen molar-refractivity contribution in [1.29, 1.82) is 0 Å². The first-order valence-corrected chi connectivity index (χ1v) is 7.01. The second-order valence-electron chi connectivity index (χ2n) is 4.37. The van der Waals surface area contributed by atoms with Crippen LogP contribution in [0.3, 0.4) is 0 Å². The zero-order valence-corrected chi connectivity index (χ0v) is 11.3. The number of hydrogen-bond acceptors (Lipinski definition) is 3. The number of carbonyl (C=O) groups is 2. The van der Waals surface area contributed by atoms with Gasteiger partial charge in [-0.05, 0) is 12.8 Å². The fraction of sp³-hybridized carbons (Fsp3) is 0.833. The Balaban J connectivity index is 1.99. The Morgan fingerprint density at radius 3 is 2.61 bits per heavy atom. The first-order chi connectivity index (χ1) is 8.72. The second-order valence-corrected chi connectivity index (χ2v) is 4.75. The van der Waals surface area contributed by atoms with Crippen molar-refractivity contribution in [2.24, 2.45) is 0 Å². The van der Waals surface area contributed by atoms with E-state index < -0.39 is 6.03 Å². The van der Waals surface area contributed by atoms with Crippen LogP contribution in [0.4, 0.5) is 4.79 Å². The highest BCUT2D eigenvalue weighted by molar-refractivity contribution is 6.19. The Morgan fingerprint density at radius 2 is 1.94 bits per heavy atom. The van der Waals surface area contributed by atoms with Crippen LogP contribution >= 0.6 is 11.6 Å². The van der Waals surface area contributed by atoms with Crippen LogP contribution in [0, 0.1) is 0 Å². The topological polar surface area (TPSA) is 67.4 Å². The van der Waals surface area contributed by atoms with E-state index in [0.29, 0.717) is 19.3 Å². The molecule has 0 bridgehead atoms. The van der Waals surface area contributed by atoms with Crippen LogP contribution in [0.5, 0.6) is 0 Å². The fourth-order valence-corrected chi connectivity index (χ4v) is 2.11. The lowest BCUT2D eigenvalue weighted by atomic mass is 9.98. The number of nitrogens with one attached hydrogen (secondary N) is 2. The third-order valence-corrected chi connectivity index (χ3v) is 3.06. The van der Waals surface area contributed by atoms with E-state index in [2.05, 4.69) is 10.6 Å². The number of urea groups is 1. The van der Waals surface area contributed by atoms with Gasteiger partial charge in [0.25, 0.3) is 0 Å². The molecule has 0 aromatic heterocycles. The van der Waals surface area contributed by atoms with Gasteiger partial charge >= 0.3 is 6.03 Å². The Kier molecular flexibility index (Phi) is 7.76. The molecule has 1 aliphatic carbocycles. The smallest absolute Gasteiger partial charge is 0.321 e. The first-order valence-electron chi connectivity index (χ1n) is 6.47. The molecule has 3 amide bonds. The summed E-state index contributed by atoms with van der Waals surface area (Å²) < 4.78 is 5.64. The van der Waals surface area contributed by atoms with Crippen molar-refractivity contribution < 1.29 is 14.3 Å². The van der Waals surface area contributed by atoms with Crippen LogP contribution < -0.4 is 10.6 Å². The zero-order chi connectivity index (χ0) is 13.2. The van der Waals surface area contributed by atoms with Crippen molar-refractivity contribution >= 4 is 23.5 Å². The maximum absolute atomic E-state index is 11.2. The minimum absolute atomic E-state index is 0.146. The number of hydrogen-bond donors (Lipinski definition) is 2. The number of ether oxygens (including phenoxy) is 1. The highest BCUT2D eigenvalue weighted by Crippen LogP contribution is 2.19. The van der Waals surface area contributed by atoms with Gasteiger partial charge in [0, 0.05) is 18.8 Å². The number of carbonyl (C=O) groups excluding carboxylic acids is 2.